The van der Waals surface area contributed by atoms with Gasteiger partial charge in [0.25, 0.3) is 0 Å². The maximum absolute atomic E-state index is 11.5. The van der Waals surface area contributed by atoms with Gasteiger partial charge in [-0.1, -0.05) is 13.8 Å². The Morgan fingerprint density at radius 1 is 1.43 bits per heavy atom. The van der Waals surface area contributed by atoms with Crippen molar-refractivity contribution in [1.82, 2.24) is 4.98 Å². The van der Waals surface area contributed by atoms with Gasteiger partial charge in [-0.25, -0.2) is 0 Å². The topological polar surface area (TPSA) is 59.2 Å². The Hall–Kier alpha value is -1.58. The van der Waals surface area contributed by atoms with Crippen molar-refractivity contribution in [1.29, 1.82) is 0 Å². The maximum atomic E-state index is 11.5. The van der Waals surface area contributed by atoms with E-state index >= 15 is 0 Å². The molecule has 0 spiro atoms. The van der Waals surface area contributed by atoms with Crippen LogP contribution in [0.1, 0.15) is 31.1 Å². The summed E-state index contributed by atoms with van der Waals surface area (Å²) < 4.78 is 4.78. The second-order valence-corrected chi connectivity index (χ2v) is 3.37. The van der Waals surface area contributed by atoms with Gasteiger partial charge in [-0.05, 0) is 0 Å². The number of rotatable bonds is 3. The van der Waals surface area contributed by atoms with Crippen molar-refractivity contribution >= 4 is 11.8 Å². The molecule has 76 valence electrons. The first-order chi connectivity index (χ1) is 6.50. The number of esters is 1. The van der Waals surface area contributed by atoms with E-state index in [9.17, 15) is 9.59 Å². The summed E-state index contributed by atoms with van der Waals surface area (Å²) >= 11 is 0. The first kappa shape index (κ1) is 10.5. The molecule has 0 radical (unpaired) electrons. The van der Waals surface area contributed by atoms with Crippen LogP contribution in [0.2, 0.25) is 0 Å². The van der Waals surface area contributed by atoms with Crippen LogP contribution in [0.3, 0.4) is 0 Å². The number of nitrogens with one attached hydrogen (secondary N) is 1. The van der Waals surface area contributed by atoms with Gasteiger partial charge in [-0.2, -0.15) is 0 Å². The van der Waals surface area contributed by atoms with Crippen molar-refractivity contribution in [3.8, 4) is 5.88 Å². The molecule has 0 atom stereocenters. The summed E-state index contributed by atoms with van der Waals surface area (Å²) in [4.78, 5) is 24.8. The molecular weight excluding hydrogens is 182 g/mol. The van der Waals surface area contributed by atoms with E-state index < -0.39 is 5.97 Å². The zero-order valence-electron chi connectivity index (χ0n) is 8.46. The highest BCUT2D eigenvalue weighted by Crippen LogP contribution is 2.15. The molecule has 0 amide bonds. The smallest absolute Gasteiger partial charge is 0.309 e. The molecule has 14 heavy (non-hydrogen) atoms. The van der Waals surface area contributed by atoms with Crippen molar-refractivity contribution in [2.24, 2.45) is 5.92 Å². The predicted octanol–water partition coefficient (Wildman–Crippen LogP) is 1.78. The van der Waals surface area contributed by atoms with E-state index in [1.165, 1.54) is 13.0 Å². The Kier molecular flexibility index (Phi) is 3.06. The fourth-order valence-corrected chi connectivity index (χ4v) is 1.06. The van der Waals surface area contributed by atoms with Crippen molar-refractivity contribution in [2.45, 2.75) is 20.8 Å². The lowest BCUT2D eigenvalue weighted by atomic mass is 10.0. The van der Waals surface area contributed by atoms with Gasteiger partial charge < -0.3 is 9.72 Å². The summed E-state index contributed by atoms with van der Waals surface area (Å²) in [5.74, 6) is -0.132. The lowest BCUT2D eigenvalue weighted by Gasteiger charge is -1.99. The second-order valence-electron chi connectivity index (χ2n) is 3.37. The number of carbonyl (C=O) groups excluding carboxylic acids is 2. The summed E-state index contributed by atoms with van der Waals surface area (Å²) in [6, 6.07) is 1.53. The van der Waals surface area contributed by atoms with Crippen LogP contribution >= 0.6 is 0 Å². The van der Waals surface area contributed by atoms with Crippen molar-refractivity contribution in [2.75, 3.05) is 0 Å². The van der Waals surface area contributed by atoms with Crippen LogP contribution in [-0.4, -0.2) is 16.7 Å². The fraction of sp³-hybridized carbons (Fsp3) is 0.400. The third-order valence-corrected chi connectivity index (χ3v) is 1.72. The number of carbonyl (C=O) groups is 2. The van der Waals surface area contributed by atoms with E-state index in [4.69, 9.17) is 4.74 Å². The molecule has 0 unspecified atom stereocenters. The Bertz CT molecular complexity index is 352. The number of ketones is 1. The molecule has 4 heteroatoms. The van der Waals surface area contributed by atoms with E-state index in [1.807, 2.05) is 13.8 Å². The maximum Gasteiger partial charge on any atom is 0.309 e. The fourth-order valence-electron chi connectivity index (χ4n) is 1.06. The number of H-pyrrole nitrogens is 1. The quantitative estimate of drug-likeness (QED) is 0.590. The minimum absolute atomic E-state index is 0.0275. The van der Waals surface area contributed by atoms with Gasteiger partial charge in [0.1, 0.15) is 0 Å². The average molecular weight is 195 g/mol. The minimum Gasteiger partial charge on any atom is -0.410 e. The molecule has 0 bridgehead atoms. The zero-order chi connectivity index (χ0) is 10.7. The van der Waals surface area contributed by atoms with Gasteiger partial charge >= 0.3 is 5.97 Å². The molecule has 0 fully saturated rings. The summed E-state index contributed by atoms with van der Waals surface area (Å²) in [5, 5.41) is 0. The Morgan fingerprint density at radius 3 is 2.57 bits per heavy atom. The lowest BCUT2D eigenvalue weighted by molar-refractivity contribution is -0.132. The molecule has 0 aliphatic carbocycles. The number of ether oxygens (including phenoxy) is 1. The Morgan fingerprint density at radius 2 is 2.07 bits per heavy atom. The normalized spacial score (nSPS) is 10.3. The second kappa shape index (κ2) is 4.09. The van der Waals surface area contributed by atoms with Crippen LogP contribution in [0.25, 0.3) is 0 Å². The summed E-state index contributed by atoms with van der Waals surface area (Å²) in [6.07, 6.45) is 1.54. The SMILES string of the molecule is CC(=O)Oc1cc(C(=O)C(C)C)c[nH]1. The highest BCUT2D eigenvalue weighted by atomic mass is 16.5. The molecule has 0 saturated heterocycles. The Balaban J connectivity index is 2.77. The van der Waals surface area contributed by atoms with Crippen molar-refractivity contribution in [3.63, 3.8) is 0 Å². The van der Waals surface area contributed by atoms with E-state index in [-0.39, 0.29) is 11.7 Å². The highest BCUT2D eigenvalue weighted by molar-refractivity contribution is 5.97. The first-order valence-corrected chi connectivity index (χ1v) is 4.41. The van der Waals surface area contributed by atoms with Crippen molar-refractivity contribution < 1.29 is 14.3 Å². The van der Waals surface area contributed by atoms with Gasteiger partial charge in [0.15, 0.2) is 5.78 Å². The van der Waals surface area contributed by atoms with Crippen LogP contribution in [0.15, 0.2) is 12.3 Å². The van der Waals surface area contributed by atoms with E-state index in [1.54, 1.807) is 6.20 Å². The predicted molar refractivity (Wildman–Crippen MR) is 51.3 cm³/mol. The van der Waals surface area contributed by atoms with Gasteiger partial charge in [-0.15, -0.1) is 0 Å². The zero-order valence-corrected chi connectivity index (χ0v) is 8.46. The highest BCUT2D eigenvalue weighted by Gasteiger charge is 2.13. The first-order valence-electron chi connectivity index (χ1n) is 4.41. The molecule has 4 nitrogen and oxygen atoms in total. The molecule has 0 aliphatic heterocycles. The molecule has 1 aromatic rings. The van der Waals surface area contributed by atoms with Crippen LogP contribution in [-0.2, 0) is 4.79 Å². The van der Waals surface area contributed by atoms with Gasteiger partial charge in [0.05, 0.1) is 0 Å². The van der Waals surface area contributed by atoms with Crippen molar-refractivity contribution in [3.05, 3.63) is 17.8 Å². The van der Waals surface area contributed by atoms with Crippen LogP contribution in [0.5, 0.6) is 5.88 Å². The minimum atomic E-state index is -0.407. The number of aromatic amines is 1. The van der Waals surface area contributed by atoms with E-state index in [0.29, 0.717) is 11.4 Å². The summed E-state index contributed by atoms with van der Waals surface area (Å²) in [5.41, 5.74) is 0.538. The number of Topliss-reactive ketones (excluding diaryl/α,β-unsaturated/α-hetero) is 1. The monoisotopic (exact) mass is 195 g/mol. The molecular formula is C10H13NO3. The third-order valence-electron chi connectivity index (χ3n) is 1.72. The number of hydrogen-bond acceptors (Lipinski definition) is 3. The van der Waals surface area contributed by atoms with E-state index in [2.05, 4.69) is 4.98 Å². The van der Waals surface area contributed by atoms with E-state index in [0.717, 1.165) is 0 Å². The molecule has 0 aromatic carbocycles. The molecule has 1 rings (SSSR count). The standard InChI is InChI=1S/C10H13NO3/c1-6(2)10(13)8-4-9(11-5-8)14-7(3)12/h4-6,11H,1-3H3. The average Bonchev–Trinajstić information content (AvgIpc) is 2.50. The van der Waals surface area contributed by atoms with Gasteiger partial charge in [0.2, 0.25) is 5.88 Å². The Labute approximate surface area is 82.3 Å². The summed E-state index contributed by atoms with van der Waals surface area (Å²) in [6.45, 7) is 4.95. The molecule has 1 heterocycles. The number of aromatic nitrogens is 1. The lowest BCUT2D eigenvalue weighted by Crippen LogP contribution is -2.05. The van der Waals surface area contributed by atoms with Gasteiger partial charge in [-0.3, -0.25) is 9.59 Å². The van der Waals surface area contributed by atoms with Crippen LogP contribution in [0.4, 0.5) is 0 Å². The van der Waals surface area contributed by atoms with Gasteiger partial charge in [0, 0.05) is 30.7 Å². The number of hydrogen-bond donors (Lipinski definition) is 1. The third kappa shape index (κ3) is 2.45. The molecule has 1 N–H and O–H groups in total. The molecule has 0 aliphatic rings. The summed E-state index contributed by atoms with van der Waals surface area (Å²) in [7, 11) is 0. The van der Waals surface area contributed by atoms with Crippen LogP contribution < -0.4 is 4.74 Å². The van der Waals surface area contributed by atoms with Crippen LogP contribution in [0, 0.1) is 5.92 Å². The largest absolute Gasteiger partial charge is 0.410 e. The molecule has 0 saturated carbocycles. The molecule has 1 aromatic heterocycles.